The maximum Gasteiger partial charge on any atom is 0.308 e. The summed E-state index contributed by atoms with van der Waals surface area (Å²) in [5, 5.41) is 11.1. The van der Waals surface area contributed by atoms with E-state index in [1.54, 1.807) is 12.4 Å². The molecule has 2 aromatic rings. The van der Waals surface area contributed by atoms with Crippen LogP contribution in [0.4, 0.5) is 0 Å². The van der Waals surface area contributed by atoms with Gasteiger partial charge in [0.15, 0.2) is 0 Å². The van der Waals surface area contributed by atoms with Crippen molar-refractivity contribution in [3.8, 4) is 0 Å². The summed E-state index contributed by atoms with van der Waals surface area (Å²) in [5.41, 5.74) is 1.82. The van der Waals surface area contributed by atoms with Crippen LogP contribution in [0.5, 0.6) is 0 Å². The number of nitrogens with one attached hydrogen (secondary N) is 1. The first-order valence-electron chi connectivity index (χ1n) is 7.67. The molecule has 0 aliphatic heterocycles. The van der Waals surface area contributed by atoms with Gasteiger partial charge >= 0.3 is 11.8 Å². The molecule has 0 aliphatic carbocycles. The molecule has 0 unspecified atom stereocenters. The summed E-state index contributed by atoms with van der Waals surface area (Å²) in [6.07, 6.45) is 4.65. The van der Waals surface area contributed by atoms with E-state index in [1.807, 2.05) is 38.1 Å². The lowest BCUT2D eigenvalue weighted by Crippen LogP contribution is -2.26. The van der Waals surface area contributed by atoms with Crippen LogP contribution in [-0.4, -0.2) is 28.9 Å². The second-order valence-electron chi connectivity index (χ2n) is 4.96. The maximum absolute atomic E-state index is 12.1. The van der Waals surface area contributed by atoms with Crippen molar-refractivity contribution >= 4 is 29.3 Å². The highest BCUT2D eigenvalue weighted by molar-refractivity contribution is 6.30. The van der Waals surface area contributed by atoms with E-state index in [0.717, 1.165) is 11.1 Å². The van der Waals surface area contributed by atoms with Gasteiger partial charge in [-0.15, -0.1) is 10.2 Å². The van der Waals surface area contributed by atoms with Crippen LogP contribution in [0.1, 0.15) is 42.4 Å². The van der Waals surface area contributed by atoms with Gasteiger partial charge < -0.3 is 9.73 Å². The van der Waals surface area contributed by atoms with Crippen molar-refractivity contribution in [3.63, 3.8) is 0 Å². The molecule has 1 heterocycles. The first-order chi connectivity index (χ1) is 11.6. The van der Waals surface area contributed by atoms with Crippen molar-refractivity contribution in [1.82, 2.24) is 15.5 Å². The lowest BCUT2D eigenvalue weighted by Gasteiger charge is -2.03. The van der Waals surface area contributed by atoms with Gasteiger partial charge in [-0.05, 0) is 37.5 Å². The van der Waals surface area contributed by atoms with Gasteiger partial charge in [-0.2, -0.15) is 0 Å². The summed E-state index contributed by atoms with van der Waals surface area (Å²) in [7, 11) is 0. The van der Waals surface area contributed by atoms with Gasteiger partial charge in [0.1, 0.15) is 0 Å². The minimum absolute atomic E-state index is 0.0593. The zero-order valence-corrected chi connectivity index (χ0v) is 14.4. The van der Waals surface area contributed by atoms with Crippen LogP contribution in [0.25, 0.3) is 5.57 Å². The highest BCUT2D eigenvalue weighted by Crippen LogP contribution is 2.16. The van der Waals surface area contributed by atoms with Gasteiger partial charge in [-0.25, -0.2) is 0 Å². The molecule has 1 aromatic carbocycles. The Hall–Kier alpha value is -2.47. The molecule has 0 saturated heterocycles. The van der Waals surface area contributed by atoms with E-state index >= 15 is 0 Å². The number of hydrogen-bond acceptors (Lipinski definition) is 5. The molecule has 7 heteroatoms. The molecular formula is C17H19ClN4O2. The summed E-state index contributed by atoms with van der Waals surface area (Å²) in [5.74, 6) is -0.149. The number of aromatic nitrogens is 2. The minimum atomic E-state index is -0.398. The number of benzene rings is 1. The predicted molar refractivity (Wildman–Crippen MR) is 94.2 cm³/mol. The topological polar surface area (TPSA) is 80.4 Å². The second-order valence-corrected chi connectivity index (χ2v) is 5.40. The van der Waals surface area contributed by atoms with Crippen LogP contribution >= 0.6 is 11.6 Å². The van der Waals surface area contributed by atoms with E-state index < -0.39 is 5.91 Å². The van der Waals surface area contributed by atoms with Crippen molar-refractivity contribution in [2.75, 3.05) is 6.54 Å². The molecule has 0 spiro atoms. The number of hydrogen-bond donors (Lipinski definition) is 1. The number of rotatable bonds is 7. The molecule has 6 nitrogen and oxygen atoms in total. The molecule has 0 saturated carbocycles. The van der Waals surface area contributed by atoms with Crippen LogP contribution < -0.4 is 5.32 Å². The summed E-state index contributed by atoms with van der Waals surface area (Å²) < 4.78 is 5.42. The number of amides is 1. The van der Waals surface area contributed by atoms with Gasteiger partial charge in [0.2, 0.25) is 5.89 Å². The third-order valence-electron chi connectivity index (χ3n) is 3.24. The van der Waals surface area contributed by atoms with Gasteiger partial charge in [-0.3, -0.25) is 9.79 Å². The van der Waals surface area contributed by atoms with Crippen LogP contribution in [0.15, 0.2) is 39.9 Å². The van der Waals surface area contributed by atoms with Crippen molar-refractivity contribution < 1.29 is 9.21 Å². The van der Waals surface area contributed by atoms with Crippen molar-refractivity contribution in [2.45, 2.75) is 26.7 Å². The van der Waals surface area contributed by atoms with Gasteiger partial charge in [0.05, 0.1) is 0 Å². The van der Waals surface area contributed by atoms with E-state index in [-0.39, 0.29) is 5.89 Å². The van der Waals surface area contributed by atoms with Crippen LogP contribution in [0.2, 0.25) is 5.02 Å². The molecule has 24 heavy (non-hydrogen) atoms. The number of nitrogens with zero attached hydrogens (tertiary/aromatic N) is 3. The largest absolute Gasteiger partial charge is 0.412 e. The monoisotopic (exact) mass is 346 g/mol. The van der Waals surface area contributed by atoms with Crippen LogP contribution in [0.3, 0.4) is 0 Å². The quantitative estimate of drug-likeness (QED) is 0.777. The van der Waals surface area contributed by atoms with Crippen LogP contribution in [0, 0.1) is 0 Å². The summed E-state index contributed by atoms with van der Waals surface area (Å²) in [6, 6.07) is 7.51. The lowest BCUT2D eigenvalue weighted by molar-refractivity contribution is 0.0919. The summed E-state index contributed by atoms with van der Waals surface area (Å²) >= 11 is 5.93. The number of carbonyl (C=O) groups is 1. The number of allylic oxidation sites excluding steroid dienone is 1. The van der Waals surface area contributed by atoms with Gasteiger partial charge in [0, 0.05) is 29.6 Å². The number of halogens is 1. The Morgan fingerprint density at radius 3 is 2.88 bits per heavy atom. The molecule has 0 bridgehead atoms. The Bertz CT molecular complexity index is 753. The Balaban J connectivity index is 1.93. The Morgan fingerprint density at radius 1 is 1.38 bits per heavy atom. The molecule has 126 valence electrons. The Kier molecular flexibility index (Phi) is 6.69. The number of aliphatic imine (C=N–C) groups is 1. The fourth-order valence-corrected chi connectivity index (χ4v) is 2.21. The fraction of sp³-hybridized carbons (Fsp3) is 0.294. The molecule has 0 fully saturated rings. The normalized spacial score (nSPS) is 11.9. The first kappa shape index (κ1) is 17.9. The van der Waals surface area contributed by atoms with E-state index in [1.165, 1.54) is 0 Å². The molecule has 1 aromatic heterocycles. The smallest absolute Gasteiger partial charge is 0.308 e. The molecule has 1 N–H and O–H groups in total. The highest BCUT2D eigenvalue weighted by atomic mass is 35.5. The highest BCUT2D eigenvalue weighted by Gasteiger charge is 2.16. The van der Waals surface area contributed by atoms with Crippen molar-refractivity contribution in [2.24, 2.45) is 4.99 Å². The average molecular weight is 347 g/mol. The summed E-state index contributed by atoms with van der Waals surface area (Å²) in [4.78, 5) is 16.1. The lowest BCUT2D eigenvalue weighted by atomic mass is 10.1. The second kappa shape index (κ2) is 8.98. The van der Waals surface area contributed by atoms with E-state index in [9.17, 15) is 4.79 Å². The third-order valence-corrected chi connectivity index (χ3v) is 3.48. The summed E-state index contributed by atoms with van der Waals surface area (Å²) in [6.45, 7) is 4.22. The molecule has 0 radical (unpaired) electrons. The van der Waals surface area contributed by atoms with Crippen molar-refractivity contribution in [3.05, 3.63) is 52.8 Å². The zero-order chi connectivity index (χ0) is 17.4. The van der Waals surface area contributed by atoms with Crippen LogP contribution in [-0.2, 0) is 6.42 Å². The Morgan fingerprint density at radius 2 is 2.17 bits per heavy atom. The molecule has 2 rings (SSSR count). The fourth-order valence-electron chi connectivity index (χ4n) is 2.00. The molecule has 0 aliphatic rings. The third kappa shape index (κ3) is 5.03. The molecule has 0 atom stereocenters. The number of carbonyl (C=O) groups excluding carboxylic acids is 1. The van der Waals surface area contributed by atoms with E-state index in [0.29, 0.717) is 30.3 Å². The van der Waals surface area contributed by atoms with E-state index in [4.69, 9.17) is 16.0 Å². The SMILES string of the molecule is CC=NC=C(CC)c1nnc(C(=O)NCCc2cccc(Cl)c2)o1. The minimum Gasteiger partial charge on any atom is -0.412 e. The zero-order valence-electron chi connectivity index (χ0n) is 13.6. The molecular weight excluding hydrogens is 328 g/mol. The average Bonchev–Trinajstić information content (AvgIpc) is 3.05. The maximum atomic E-state index is 12.1. The van der Waals surface area contributed by atoms with Gasteiger partial charge in [-0.1, -0.05) is 30.7 Å². The standard InChI is InChI=1S/C17H19ClN4O2/c1-3-13(11-19-4-2)16-21-22-17(24-16)15(23)20-9-8-12-6-5-7-14(18)10-12/h4-7,10-11H,3,8-9H2,1-2H3,(H,20,23). The van der Waals surface area contributed by atoms with Gasteiger partial charge in [0.25, 0.3) is 0 Å². The van der Waals surface area contributed by atoms with Crippen molar-refractivity contribution in [1.29, 1.82) is 0 Å². The first-order valence-corrected chi connectivity index (χ1v) is 8.05. The Labute approximate surface area is 145 Å². The predicted octanol–water partition coefficient (Wildman–Crippen LogP) is 3.54. The molecule has 1 amide bonds. The van der Waals surface area contributed by atoms with E-state index in [2.05, 4.69) is 20.5 Å².